The highest BCUT2D eigenvalue weighted by Gasteiger charge is 2.14. The van der Waals surface area contributed by atoms with E-state index in [1.165, 1.54) is 0 Å². The summed E-state index contributed by atoms with van der Waals surface area (Å²) in [5.41, 5.74) is 0. The van der Waals surface area contributed by atoms with Crippen LogP contribution in [0.25, 0.3) is 0 Å². The van der Waals surface area contributed by atoms with Crippen molar-refractivity contribution < 1.29 is 0 Å². The first-order valence-corrected chi connectivity index (χ1v) is 6.40. The van der Waals surface area contributed by atoms with Crippen LogP contribution in [0.2, 0.25) is 19.6 Å². The lowest BCUT2D eigenvalue weighted by atomic mass is 11.3. The Hall–Kier alpha value is -0.643. The number of hydrogen-bond donors (Lipinski definition) is 0. The van der Waals surface area contributed by atoms with Crippen LogP contribution in [0.1, 0.15) is 0 Å². The highest BCUT2D eigenvalue weighted by molar-refractivity contribution is 6.74. The van der Waals surface area contributed by atoms with Crippen LogP contribution < -0.4 is 0 Å². The van der Waals surface area contributed by atoms with Crippen LogP contribution in [0.3, 0.4) is 0 Å². The zero-order chi connectivity index (χ0) is 6.91. The Morgan fingerprint density at radius 3 is 1.78 bits per heavy atom. The summed E-state index contributed by atoms with van der Waals surface area (Å²) in [6.07, 6.45) is 3.57. The van der Waals surface area contributed by atoms with E-state index < -0.39 is 8.24 Å². The second-order valence-corrected chi connectivity index (χ2v) is 7.90. The smallest absolute Gasteiger partial charge is 0.156 e. The summed E-state index contributed by atoms with van der Waals surface area (Å²) in [5.74, 6) is 0. The molecule has 0 bridgehead atoms. The maximum Gasteiger partial charge on any atom is 0.156 e. The van der Waals surface area contributed by atoms with Gasteiger partial charge in [-0.3, -0.25) is 0 Å². The van der Waals surface area contributed by atoms with Gasteiger partial charge in [-0.2, -0.15) is 0 Å². The Morgan fingerprint density at radius 2 is 1.56 bits per heavy atom. The van der Waals surface area contributed by atoms with E-state index in [1.807, 2.05) is 0 Å². The minimum Gasteiger partial charge on any atom is -0.349 e. The molecule has 1 heterocycles. The molecule has 0 unspecified atom stereocenters. The summed E-state index contributed by atoms with van der Waals surface area (Å²) in [6, 6.07) is 0. The second kappa shape index (κ2) is 1.95. The lowest BCUT2D eigenvalue weighted by molar-refractivity contribution is 1.09. The van der Waals surface area contributed by atoms with Crippen molar-refractivity contribution in [3.05, 3.63) is 12.7 Å². The van der Waals surface area contributed by atoms with E-state index in [-0.39, 0.29) is 0 Å². The molecule has 0 radical (unpaired) electrons. The van der Waals surface area contributed by atoms with Gasteiger partial charge in [0.25, 0.3) is 0 Å². The zero-order valence-corrected chi connectivity index (χ0v) is 7.00. The fourth-order valence-electron chi connectivity index (χ4n) is 0.547. The Bertz CT molecular complexity index is 175. The van der Waals surface area contributed by atoms with E-state index in [1.54, 1.807) is 12.7 Å². The average Bonchev–Trinajstić information content (AvgIpc) is 2.08. The molecule has 0 aromatic carbocycles. The van der Waals surface area contributed by atoms with E-state index in [0.717, 1.165) is 0 Å². The molecular weight excluding hydrogens is 130 g/mol. The lowest BCUT2D eigenvalue weighted by Crippen LogP contribution is -2.30. The molecule has 0 amide bonds. The van der Waals surface area contributed by atoms with Gasteiger partial charge >= 0.3 is 0 Å². The van der Waals surface area contributed by atoms with Gasteiger partial charge in [0.1, 0.15) is 12.7 Å². The van der Waals surface area contributed by atoms with Crippen LogP contribution >= 0.6 is 0 Å². The largest absolute Gasteiger partial charge is 0.349 e. The van der Waals surface area contributed by atoms with Crippen LogP contribution in [-0.4, -0.2) is 22.7 Å². The monoisotopic (exact) mass is 141 g/mol. The predicted octanol–water partition coefficient (Wildman–Crippen LogP) is 0.961. The normalized spacial score (nSPS) is 11.9. The van der Waals surface area contributed by atoms with E-state index in [2.05, 4.69) is 34.1 Å². The molecule has 3 nitrogen and oxygen atoms in total. The quantitative estimate of drug-likeness (QED) is 0.545. The standard InChI is InChI=1S/C5H11N3Si/c1-9(2,3)8-4-6-7-5-8/h4-5H,1-3H3. The van der Waals surface area contributed by atoms with Crippen molar-refractivity contribution in [2.45, 2.75) is 19.6 Å². The number of nitrogens with zero attached hydrogens (tertiary/aromatic N) is 3. The maximum atomic E-state index is 3.74. The van der Waals surface area contributed by atoms with Crippen molar-refractivity contribution in [2.24, 2.45) is 0 Å². The van der Waals surface area contributed by atoms with Crippen molar-refractivity contribution in [1.82, 2.24) is 14.4 Å². The molecule has 9 heavy (non-hydrogen) atoms. The van der Waals surface area contributed by atoms with Crippen LogP contribution in [0, 0.1) is 0 Å². The third-order valence-electron chi connectivity index (χ3n) is 1.19. The van der Waals surface area contributed by atoms with Crippen LogP contribution in [-0.2, 0) is 0 Å². The topological polar surface area (TPSA) is 30.7 Å². The van der Waals surface area contributed by atoms with Gasteiger partial charge in [-0.25, -0.2) is 0 Å². The molecule has 0 saturated heterocycles. The first-order chi connectivity index (χ1) is 4.11. The fraction of sp³-hybridized carbons (Fsp3) is 0.600. The summed E-state index contributed by atoms with van der Waals surface area (Å²) >= 11 is 0. The van der Waals surface area contributed by atoms with Gasteiger partial charge in [0.05, 0.1) is 0 Å². The molecule has 0 aliphatic rings. The van der Waals surface area contributed by atoms with Gasteiger partial charge in [-0.05, 0) is 0 Å². The summed E-state index contributed by atoms with van der Waals surface area (Å²) < 4.78 is 2.10. The Morgan fingerprint density at radius 1 is 1.11 bits per heavy atom. The van der Waals surface area contributed by atoms with Gasteiger partial charge in [-0.15, -0.1) is 10.2 Å². The number of aromatic nitrogens is 3. The molecule has 0 aliphatic heterocycles. The molecule has 0 N–H and O–H groups in total. The molecule has 0 atom stereocenters. The fourth-order valence-corrected chi connectivity index (χ4v) is 1.34. The molecule has 0 spiro atoms. The molecule has 0 aliphatic carbocycles. The van der Waals surface area contributed by atoms with Crippen LogP contribution in [0.5, 0.6) is 0 Å². The Kier molecular flexibility index (Phi) is 1.40. The average molecular weight is 141 g/mol. The number of rotatable bonds is 1. The first-order valence-electron chi connectivity index (χ1n) is 2.96. The van der Waals surface area contributed by atoms with Crippen molar-refractivity contribution in [3.8, 4) is 0 Å². The molecule has 1 aromatic heterocycles. The molecule has 0 saturated carbocycles. The predicted molar refractivity (Wildman–Crippen MR) is 38.8 cm³/mol. The highest BCUT2D eigenvalue weighted by atomic mass is 28.3. The lowest BCUT2D eigenvalue weighted by Gasteiger charge is -2.15. The van der Waals surface area contributed by atoms with Gasteiger partial charge in [0.2, 0.25) is 0 Å². The summed E-state index contributed by atoms with van der Waals surface area (Å²) in [5, 5.41) is 7.47. The van der Waals surface area contributed by atoms with Crippen LogP contribution in [0.15, 0.2) is 12.7 Å². The van der Waals surface area contributed by atoms with Gasteiger partial charge < -0.3 is 4.23 Å². The molecule has 1 aromatic rings. The maximum absolute atomic E-state index is 3.74. The SMILES string of the molecule is C[Si](C)(C)n1cnnc1. The van der Waals surface area contributed by atoms with Gasteiger partial charge in [-0.1, -0.05) is 19.6 Å². The minimum absolute atomic E-state index is 1.19. The number of hydrogen-bond acceptors (Lipinski definition) is 2. The molecular formula is C5H11N3Si. The van der Waals surface area contributed by atoms with Crippen molar-refractivity contribution in [1.29, 1.82) is 0 Å². The summed E-state index contributed by atoms with van der Waals surface area (Å²) in [6.45, 7) is 6.74. The first kappa shape index (κ1) is 6.48. The van der Waals surface area contributed by atoms with Gasteiger partial charge in [0.15, 0.2) is 8.24 Å². The minimum atomic E-state index is -1.19. The highest BCUT2D eigenvalue weighted by Crippen LogP contribution is 2.01. The summed E-state index contributed by atoms with van der Waals surface area (Å²) in [4.78, 5) is 0. The van der Waals surface area contributed by atoms with Crippen molar-refractivity contribution in [2.75, 3.05) is 0 Å². The Labute approximate surface area is 55.8 Å². The molecule has 4 heteroatoms. The van der Waals surface area contributed by atoms with Gasteiger partial charge in [0, 0.05) is 0 Å². The Balaban J connectivity index is 2.90. The summed E-state index contributed by atoms with van der Waals surface area (Å²) in [7, 11) is -1.19. The third kappa shape index (κ3) is 1.38. The molecule has 1 rings (SSSR count). The van der Waals surface area contributed by atoms with E-state index in [4.69, 9.17) is 0 Å². The van der Waals surface area contributed by atoms with Crippen molar-refractivity contribution >= 4 is 8.24 Å². The van der Waals surface area contributed by atoms with Crippen molar-refractivity contribution in [3.63, 3.8) is 0 Å². The molecule has 50 valence electrons. The second-order valence-electron chi connectivity index (χ2n) is 3.04. The molecule has 0 fully saturated rings. The van der Waals surface area contributed by atoms with E-state index in [9.17, 15) is 0 Å². The third-order valence-corrected chi connectivity index (χ3v) is 2.97. The van der Waals surface area contributed by atoms with Crippen LogP contribution in [0.4, 0.5) is 0 Å². The zero-order valence-electron chi connectivity index (χ0n) is 6.00. The van der Waals surface area contributed by atoms with E-state index in [0.29, 0.717) is 0 Å². The van der Waals surface area contributed by atoms with E-state index >= 15 is 0 Å².